The van der Waals surface area contributed by atoms with Crippen LogP contribution < -0.4 is 5.73 Å². The van der Waals surface area contributed by atoms with Crippen LogP contribution in [0.2, 0.25) is 5.02 Å². The molecule has 2 unspecified atom stereocenters. The second kappa shape index (κ2) is 7.25. The minimum absolute atomic E-state index is 0.0257. The van der Waals surface area contributed by atoms with E-state index in [-0.39, 0.29) is 22.2 Å². The Morgan fingerprint density at radius 3 is 2.60 bits per heavy atom. The number of ether oxygens (including phenoxy) is 1. The number of carbonyl (C=O) groups excluding carboxylic acids is 1. The van der Waals surface area contributed by atoms with Gasteiger partial charge in [0.1, 0.15) is 5.82 Å². The number of halogens is 2. The molecule has 25 heavy (non-hydrogen) atoms. The van der Waals surface area contributed by atoms with Crippen LogP contribution in [-0.2, 0) is 30.5 Å². The summed E-state index contributed by atoms with van der Waals surface area (Å²) in [7, 11) is 0. The Morgan fingerprint density at radius 1 is 1.20 bits per heavy atom. The summed E-state index contributed by atoms with van der Waals surface area (Å²) in [5, 5.41) is 0.0257. The van der Waals surface area contributed by atoms with Crippen molar-refractivity contribution in [2.75, 3.05) is 0 Å². The molecule has 0 radical (unpaired) electrons. The second-order valence-corrected chi connectivity index (χ2v) is 6.68. The molecule has 0 bridgehead atoms. The van der Waals surface area contributed by atoms with Crippen molar-refractivity contribution in [2.45, 2.75) is 11.9 Å². The van der Waals surface area contributed by atoms with E-state index in [1.54, 1.807) is 24.3 Å². The molecule has 2 N–H and O–H groups in total. The lowest BCUT2D eigenvalue weighted by Gasteiger charge is -2.12. The van der Waals surface area contributed by atoms with Gasteiger partial charge in [0.25, 0.3) is 0 Å². The molecule has 1 heterocycles. The monoisotopic (exact) mass is 381 g/mol. The van der Waals surface area contributed by atoms with Gasteiger partial charge in [-0.15, -0.1) is 0 Å². The average Bonchev–Trinajstić information content (AvgIpc) is 2.84. The number of ketones is 1. The van der Waals surface area contributed by atoms with E-state index in [1.165, 1.54) is 12.1 Å². The van der Waals surface area contributed by atoms with Gasteiger partial charge in [-0.3, -0.25) is 4.79 Å². The predicted octanol–water partition coefficient (Wildman–Crippen LogP) is 3.13. The third-order valence-corrected chi connectivity index (χ3v) is 4.75. The molecule has 5 nitrogen and oxygen atoms in total. The summed E-state index contributed by atoms with van der Waals surface area (Å²) < 4.78 is 36.5. The first-order chi connectivity index (χ1) is 12.0. The summed E-state index contributed by atoms with van der Waals surface area (Å²) >= 11 is 4.10. The van der Waals surface area contributed by atoms with Crippen molar-refractivity contribution in [1.82, 2.24) is 0 Å². The smallest absolute Gasteiger partial charge is 0.249 e. The van der Waals surface area contributed by atoms with Crippen LogP contribution in [0.15, 0.2) is 60.2 Å². The lowest BCUT2D eigenvalue weighted by molar-refractivity contribution is -0.123. The molecule has 2 atom stereocenters. The third-order valence-electron chi connectivity index (χ3n) is 3.50. The Morgan fingerprint density at radius 2 is 1.92 bits per heavy atom. The van der Waals surface area contributed by atoms with Crippen molar-refractivity contribution in [3.05, 3.63) is 82.1 Å². The van der Waals surface area contributed by atoms with Gasteiger partial charge in [0, 0.05) is 0 Å². The fraction of sp³-hybridized carbons (Fsp3) is 0.118. The molecule has 8 heteroatoms. The summed E-state index contributed by atoms with van der Waals surface area (Å²) in [6.07, 6.45) is -1.36. The number of hydrogen-bond acceptors (Lipinski definition) is 5. The molecule has 0 fully saturated rings. The Kier molecular flexibility index (Phi) is 5.06. The molecule has 3 rings (SSSR count). The minimum Gasteiger partial charge on any atom is -0.460 e. The topological polar surface area (TPSA) is 78.6 Å². The zero-order chi connectivity index (χ0) is 18.0. The molecule has 0 saturated heterocycles. The maximum absolute atomic E-state index is 14.0. The van der Waals surface area contributed by atoms with Crippen LogP contribution >= 0.6 is 11.6 Å². The molecule has 0 aliphatic carbocycles. The summed E-state index contributed by atoms with van der Waals surface area (Å²) in [5.41, 5.74) is 6.28. The molecule has 0 amide bonds. The number of rotatable bonds is 5. The molecule has 0 aromatic heterocycles. The van der Waals surface area contributed by atoms with Gasteiger partial charge in [-0.2, -0.15) is 0 Å². The lowest BCUT2D eigenvalue weighted by atomic mass is 10.1. The first-order valence-electron chi connectivity index (χ1n) is 7.22. The molecule has 1 aliphatic rings. The van der Waals surface area contributed by atoms with E-state index in [2.05, 4.69) is 0 Å². The molecule has 2 aromatic rings. The van der Waals surface area contributed by atoms with Crippen LogP contribution in [0.25, 0.3) is 0 Å². The predicted molar refractivity (Wildman–Crippen MR) is 90.8 cm³/mol. The molecular weight excluding hydrogens is 369 g/mol. The molecular formula is C17H13ClFNO4S. The highest BCUT2D eigenvalue weighted by molar-refractivity contribution is 7.79. The molecule has 130 valence electrons. The number of carbonyl (C=O) groups is 1. The van der Waals surface area contributed by atoms with Crippen LogP contribution in [0.4, 0.5) is 4.39 Å². The van der Waals surface area contributed by atoms with Crippen LogP contribution in [0.3, 0.4) is 0 Å². The number of Topliss-reactive ketones (excluding diaryl/α,β-unsaturated/α-hetero) is 1. The van der Waals surface area contributed by atoms with E-state index in [0.29, 0.717) is 0 Å². The maximum atomic E-state index is 14.0. The number of nitrogens with two attached hydrogens (primary N) is 1. The van der Waals surface area contributed by atoms with Gasteiger partial charge in [-0.05, 0) is 17.7 Å². The van der Waals surface area contributed by atoms with E-state index < -0.39 is 34.5 Å². The van der Waals surface area contributed by atoms with E-state index in [4.69, 9.17) is 26.3 Å². The fourth-order valence-electron chi connectivity index (χ4n) is 2.34. The fourth-order valence-corrected chi connectivity index (χ4v) is 3.48. The van der Waals surface area contributed by atoms with Gasteiger partial charge in [0.2, 0.25) is 28.5 Å². The van der Waals surface area contributed by atoms with Gasteiger partial charge in [-0.25, -0.2) is 8.60 Å². The Balaban J connectivity index is 1.76. The normalized spacial score (nSPS) is 18.2. The second-order valence-electron chi connectivity index (χ2n) is 5.21. The first kappa shape index (κ1) is 17.4. The lowest BCUT2D eigenvalue weighted by Crippen LogP contribution is -2.14. The molecule has 2 aromatic carbocycles. The largest absolute Gasteiger partial charge is 0.460 e. The quantitative estimate of drug-likeness (QED) is 0.860. The van der Waals surface area contributed by atoms with Crippen molar-refractivity contribution < 1.29 is 22.3 Å². The van der Waals surface area contributed by atoms with E-state index in [0.717, 1.165) is 11.6 Å². The highest BCUT2D eigenvalue weighted by Gasteiger charge is 2.40. The van der Waals surface area contributed by atoms with E-state index in [1.807, 2.05) is 6.07 Å². The van der Waals surface area contributed by atoms with Gasteiger partial charge >= 0.3 is 0 Å². The van der Waals surface area contributed by atoms with E-state index in [9.17, 15) is 13.4 Å². The first-order valence-corrected chi connectivity index (χ1v) is 8.84. The third kappa shape index (κ3) is 3.67. The number of hydrogen-bond donors (Lipinski definition) is 1. The van der Waals surface area contributed by atoms with Gasteiger partial charge in [0.15, 0.2) is 6.10 Å². The van der Waals surface area contributed by atoms with E-state index >= 15 is 0 Å². The van der Waals surface area contributed by atoms with Crippen LogP contribution in [0, 0.1) is 5.82 Å². The van der Waals surface area contributed by atoms with Crippen LogP contribution in [0.1, 0.15) is 17.2 Å². The molecule has 0 spiro atoms. The van der Waals surface area contributed by atoms with Crippen LogP contribution in [-0.4, -0.2) is 9.99 Å². The zero-order valence-electron chi connectivity index (χ0n) is 12.8. The van der Waals surface area contributed by atoms with Crippen molar-refractivity contribution >= 4 is 28.5 Å². The summed E-state index contributed by atoms with van der Waals surface area (Å²) in [6.45, 7) is 0. The van der Waals surface area contributed by atoms with Gasteiger partial charge in [-0.1, -0.05) is 48.0 Å². The minimum atomic E-state index is -1.85. The number of benzene rings is 2. The standard InChI is InChI=1S/C17H13ClFNO4S/c18-11-7-4-8-12(19)13(11)15-14(21)16(17(20)23-15)24-25(22)9-10-5-2-1-3-6-10/h1-8,15H,9,20H2. The van der Waals surface area contributed by atoms with Gasteiger partial charge in [0.05, 0.1) is 16.3 Å². The summed E-state index contributed by atoms with van der Waals surface area (Å²) in [5.74, 6) is -2.11. The Hall–Kier alpha value is -2.38. The summed E-state index contributed by atoms with van der Waals surface area (Å²) in [6, 6.07) is 12.9. The highest BCUT2D eigenvalue weighted by Crippen LogP contribution is 2.36. The molecule has 1 aliphatic heterocycles. The molecule has 0 saturated carbocycles. The van der Waals surface area contributed by atoms with Gasteiger partial charge < -0.3 is 14.7 Å². The zero-order valence-corrected chi connectivity index (χ0v) is 14.4. The average molecular weight is 382 g/mol. The van der Waals surface area contributed by atoms with Crippen molar-refractivity contribution in [2.24, 2.45) is 5.73 Å². The Bertz CT molecular complexity index is 852. The maximum Gasteiger partial charge on any atom is 0.249 e. The Labute approximate surface area is 150 Å². The SMILES string of the molecule is NC1=C(OS(=O)Cc2ccccc2)C(=O)C(c2c(F)cccc2Cl)O1. The van der Waals surface area contributed by atoms with Crippen molar-refractivity contribution in [3.8, 4) is 0 Å². The van der Waals surface area contributed by atoms with Crippen molar-refractivity contribution in [1.29, 1.82) is 0 Å². The summed E-state index contributed by atoms with van der Waals surface area (Å²) in [4.78, 5) is 12.5. The van der Waals surface area contributed by atoms with Crippen molar-refractivity contribution in [3.63, 3.8) is 0 Å². The van der Waals surface area contributed by atoms with Crippen LogP contribution in [0.5, 0.6) is 0 Å². The highest BCUT2D eigenvalue weighted by atomic mass is 35.5.